The maximum atomic E-state index is 12.8. The Kier molecular flexibility index (Phi) is 5.93. The maximum absolute atomic E-state index is 12.8. The second-order valence-corrected chi connectivity index (χ2v) is 6.28. The molecule has 3 rings (SSSR count). The minimum absolute atomic E-state index is 0.0223. The molecule has 1 aliphatic heterocycles. The number of hydrogen-bond acceptors (Lipinski definition) is 7. The van der Waals surface area contributed by atoms with Crippen LogP contribution in [0, 0.1) is 0 Å². The summed E-state index contributed by atoms with van der Waals surface area (Å²) in [6, 6.07) is 6.96. The van der Waals surface area contributed by atoms with E-state index in [2.05, 4.69) is 15.3 Å². The molecule has 0 atom stereocenters. The molecule has 1 fully saturated rings. The minimum atomic E-state index is -0.185. The molecule has 9 heteroatoms. The molecule has 148 valence electrons. The number of piperazine rings is 1. The van der Waals surface area contributed by atoms with Crippen LogP contribution < -0.4 is 14.8 Å². The van der Waals surface area contributed by atoms with Crippen LogP contribution in [0.4, 0.5) is 11.5 Å². The van der Waals surface area contributed by atoms with Gasteiger partial charge in [-0.1, -0.05) is 0 Å². The number of benzene rings is 1. The molecule has 2 heterocycles. The van der Waals surface area contributed by atoms with Gasteiger partial charge in [0.15, 0.2) is 0 Å². The SMILES string of the molecule is COc1ccc(Nc2cc(C(=O)N3CCN(C(C)=O)CC3)ncn2)c(OC)c1. The van der Waals surface area contributed by atoms with E-state index < -0.39 is 0 Å². The lowest BCUT2D eigenvalue weighted by Gasteiger charge is -2.34. The largest absolute Gasteiger partial charge is 0.497 e. The van der Waals surface area contributed by atoms with Gasteiger partial charge in [0.25, 0.3) is 5.91 Å². The Balaban J connectivity index is 1.72. The molecule has 0 unspecified atom stereocenters. The van der Waals surface area contributed by atoms with Crippen LogP contribution in [0.15, 0.2) is 30.6 Å². The third kappa shape index (κ3) is 4.30. The van der Waals surface area contributed by atoms with E-state index in [1.54, 1.807) is 42.2 Å². The predicted molar refractivity (Wildman–Crippen MR) is 103 cm³/mol. The highest BCUT2D eigenvalue weighted by molar-refractivity contribution is 5.93. The summed E-state index contributed by atoms with van der Waals surface area (Å²) in [5, 5.41) is 3.14. The summed E-state index contributed by atoms with van der Waals surface area (Å²) in [6.45, 7) is 3.56. The number of anilines is 2. The topological polar surface area (TPSA) is 96.9 Å². The number of methoxy groups -OCH3 is 2. The zero-order chi connectivity index (χ0) is 20.1. The van der Waals surface area contributed by atoms with Crippen LogP contribution in [0.3, 0.4) is 0 Å². The van der Waals surface area contributed by atoms with Crippen molar-refractivity contribution in [2.75, 3.05) is 45.7 Å². The van der Waals surface area contributed by atoms with Crippen LogP contribution in [-0.2, 0) is 4.79 Å². The van der Waals surface area contributed by atoms with Crippen molar-refractivity contribution in [3.05, 3.63) is 36.3 Å². The first-order valence-electron chi connectivity index (χ1n) is 8.87. The molecule has 1 aromatic carbocycles. The highest BCUT2D eigenvalue weighted by Crippen LogP contribution is 2.31. The van der Waals surface area contributed by atoms with Gasteiger partial charge in [0.05, 0.1) is 19.9 Å². The summed E-state index contributed by atoms with van der Waals surface area (Å²) in [6.07, 6.45) is 1.34. The molecule has 0 radical (unpaired) electrons. The van der Waals surface area contributed by atoms with Crippen LogP contribution in [0.25, 0.3) is 0 Å². The van der Waals surface area contributed by atoms with Gasteiger partial charge in [-0.15, -0.1) is 0 Å². The fraction of sp³-hybridized carbons (Fsp3) is 0.368. The third-order valence-corrected chi connectivity index (χ3v) is 4.57. The molecule has 0 bridgehead atoms. The van der Waals surface area contributed by atoms with E-state index in [0.717, 1.165) is 0 Å². The molecule has 1 aliphatic rings. The van der Waals surface area contributed by atoms with Crippen LogP contribution in [0.1, 0.15) is 17.4 Å². The Morgan fingerprint density at radius 3 is 2.36 bits per heavy atom. The monoisotopic (exact) mass is 385 g/mol. The summed E-state index contributed by atoms with van der Waals surface area (Å²) in [5.74, 6) is 1.57. The highest BCUT2D eigenvalue weighted by Gasteiger charge is 2.24. The summed E-state index contributed by atoms with van der Waals surface area (Å²) in [7, 11) is 3.15. The number of nitrogens with one attached hydrogen (secondary N) is 1. The molecular formula is C19H23N5O4. The normalized spacial score (nSPS) is 13.8. The Hall–Kier alpha value is -3.36. The van der Waals surface area contributed by atoms with E-state index >= 15 is 0 Å². The number of carbonyl (C=O) groups is 2. The van der Waals surface area contributed by atoms with Gasteiger partial charge < -0.3 is 24.6 Å². The molecule has 1 N–H and O–H groups in total. The van der Waals surface area contributed by atoms with Gasteiger partial charge >= 0.3 is 0 Å². The average molecular weight is 385 g/mol. The summed E-state index contributed by atoms with van der Waals surface area (Å²) >= 11 is 0. The van der Waals surface area contributed by atoms with Crippen molar-refractivity contribution in [1.29, 1.82) is 0 Å². The van der Waals surface area contributed by atoms with Crippen LogP contribution in [0.2, 0.25) is 0 Å². The summed E-state index contributed by atoms with van der Waals surface area (Å²) in [5.41, 5.74) is 0.983. The fourth-order valence-corrected chi connectivity index (χ4v) is 2.97. The van der Waals surface area contributed by atoms with Crippen molar-refractivity contribution in [3.63, 3.8) is 0 Å². The first kappa shape index (κ1) is 19.4. The number of ether oxygens (including phenoxy) is 2. The lowest BCUT2D eigenvalue weighted by molar-refractivity contribution is -0.130. The number of amides is 2. The molecule has 28 heavy (non-hydrogen) atoms. The maximum Gasteiger partial charge on any atom is 0.272 e. The molecule has 1 aromatic heterocycles. The van der Waals surface area contributed by atoms with E-state index in [1.165, 1.54) is 13.3 Å². The molecule has 1 saturated heterocycles. The Bertz CT molecular complexity index is 865. The zero-order valence-corrected chi connectivity index (χ0v) is 16.1. The lowest BCUT2D eigenvalue weighted by atomic mass is 10.2. The quantitative estimate of drug-likeness (QED) is 0.834. The molecule has 2 aromatic rings. The second kappa shape index (κ2) is 8.55. The van der Waals surface area contributed by atoms with Gasteiger partial charge in [0, 0.05) is 45.2 Å². The average Bonchev–Trinajstić information content (AvgIpc) is 2.73. The zero-order valence-electron chi connectivity index (χ0n) is 16.1. The van der Waals surface area contributed by atoms with E-state index in [1.807, 2.05) is 6.07 Å². The number of nitrogens with zero attached hydrogens (tertiary/aromatic N) is 4. The van der Waals surface area contributed by atoms with Crippen LogP contribution in [-0.4, -0.2) is 72.0 Å². The number of carbonyl (C=O) groups excluding carboxylic acids is 2. The highest BCUT2D eigenvalue weighted by atomic mass is 16.5. The molecular weight excluding hydrogens is 362 g/mol. The van der Waals surface area contributed by atoms with Gasteiger partial charge in [-0.25, -0.2) is 9.97 Å². The van der Waals surface area contributed by atoms with Gasteiger partial charge in [0.1, 0.15) is 29.3 Å². The predicted octanol–water partition coefficient (Wildman–Crippen LogP) is 1.54. The molecule has 0 spiro atoms. The molecule has 0 saturated carbocycles. The van der Waals surface area contributed by atoms with Gasteiger partial charge in [0.2, 0.25) is 5.91 Å². The standard InChI is InChI=1S/C19H23N5O4/c1-13(25)23-6-8-24(9-7-23)19(26)16-11-18(21-12-20-16)22-15-5-4-14(27-2)10-17(15)28-3/h4-5,10-12H,6-9H2,1-3H3,(H,20,21,22). The van der Waals surface area contributed by atoms with Gasteiger partial charge in [-0.2, -0.15) is 0 Å². The smallest absolute Gasteiger partial charge is 0.272 e. The van der Waals surface area contributed by atoms with Crippen molar-refractivity contribution >= 4 is 23.3 Å². The Labute approximate surface area is 163 Å². The molecule has 0 aliphatic carbocycles. The second-order valence-electron chi connectivity index (χ2n) is 6.28. The van der Waals surface area contributed by atoms with Crippen molar-refractivity contribution in [2.24, 2.45) is 0 Å². The Morgan fingerprint density at radius 1 is 1.00 bits per heavy atom. The van der Waals surface area contributed by atoms with Gasteiger partial charge in [-0.3, -0.25) is 9.59 Å². The first-order chi connectivity index (χ1) is 13.5. The summed E-state index contributed by atoms with van der Waals surface area (Å²) in [4.78, 5) is 35.9. The number of aromatic nitrogens is 2. The number of rotatable bonds is 5. The molecule has 2 amide bonds. The fourth-order valence-electron chi connectivity index (χ4n) is 2.97. The van der Waals surface area contributed by atoms with Crippen molar-refractivity contribution in [1.82, 2.24) is 19.8 Å². The lowest BCUT2D eigenvalue weighted by Crippen LogP contribution is -2.50. The van der Waals surface area contributed by atoms with Crippen molar-refractivity contribution < 1.29 is 19.1 Å². The molecule has 9 nitrogen and oxygen atoms in total. The van der Waals surface area contributed by atoms with Gasteiger partial charge in [-0.05, 0) is 12.1 Å². The van der Waals surface area contributed by atoms with E-state index in [4.69, 9.17) is 9.47 Å². The minimum Gasteiger partial charge on any atom is -0.497 e. The first-order valence-corrected chi connectivity index (χ1v) is 8.87. The van der Waals surface area contributed by atoms with Crippen LogP contribution >= 0.6 is 0 Å². The van der Waals surface area contributed by atoms with E-state index in [0.29, 0.717) is 54.9 Å². The number of hydrogen-bond donors (Lipinski definition) is 1. The van der Waals surface area contributed by atoms with Crippen molar-refractivity contribution in [3.8, 4) is 11.5 Å². The Morgan fingerprint density at radius 2 is 1.71 bits per heavy atom. The van der Waals surface area contributed by atoms with Crippen molar-refractivity contribution in [2.45, 2.75) is 6.92 Å². The van der Waals surface area contributed by atoms with E-state index in [9.17, 15) is 9.59 Å². The van der Waals surface area contributed by atoms with Crippen LogP contribution in [0.5, 0.6) is 11.5 Å². The third-order valence-electron chi connectivity index (χ3n) is 4.57. The summed E-state index contributed by atoms with van der Waals surface area (Å²) < 4.78 is 10.6. The van der Waals surface area contributed by atoms with E-state index in [-0.39, 0.29) is 11.8 Å².